The van der Waals surface area contributed by atoms with Crippen LogP contribution >= 0.6 is 0 Å². The standard InChI is InChI=1S/C22H30N4O2/c1-2-25(14-17-6-4-3-5-7-17)12-11-23-22(27)21-19-16-28-13-10-20(19)26(24-21)15-18-8-9-18/h3-7,18H,2,8-16H2,1H3,(H,23,27). The largest absolute Gasteiger partial charge is 0.376 e. The fourth-order valence-corrected chi connectivity index (χ4v) is 3.79. The molecule has 0 radical (unpaired) electrons. The van der Waals surface area contributed by atoms with E-state index in [-0.39, 0.29) is 5.91 Å². The normalized spacial score (nSPS) is 16.2. The molecule has 6 heteroatoms. The molecule has 1 fully saturated rings. The van der Waals surface area contributed by atoms with E-state index in [1.807, 2.05) is 6.07 Å². The molecule has 1 aliphatic heterocycles. The molecule has 6 nitrogen and oxygen atoms in total. The molecule has 2 aliphatic rings. The Hall–Kier alpha value is -2.18. The molecule has 1 aromatic carbocycles. The van der Waals surface area contributed by atoms with Crippen molar-refractivity contribution in [2.24, 2.45) is 5.92 Å². The van der Waals surface area contributed by atoms with Crippen LogP contribution in [0.3, 0.4) is 0 Å². The number of likely N-dealkylation sites (N-methyl/N-ethyl adjacent to an activating group) is 1. The van der Waals surface area contributed by atoms with Crippen molar-refractivity contribution in [3.8, 4) is 0 Å². The number of benzene rings is 1. The van der Waals surface area contributed by atoms with E-state index in [1.54, 1.807) is 0 Å². The number of amides is 1. The number of hydrogen-bond acceptors (Lipinski definition) is 4. The van der Waals surface area contributed by atoms with Gasteiger partial charge in [0.15, 0.2) is 5.69 Å². The lowest BCUT2D eigenvalue weighted by Crippen LogP contribution is -2.35. The Morgan fingerprint density at radius 3 is 2.89 bits per heavy atom. The lowest BCUT2D eigenvalue weighted by molar-refractivity contribution is 0.0920. The Morgan fingerprint density at radius 1 is 1.32 bits per heavy atom. The van der Waals surface area contributed by atoms with Gasteiger partial charge in [0.2, 0.25) is 0 Å². The zero-order chi connectivity index (χ0) is 19.3. The van der Waals surface area contributed by atoms with Gasteiger partial charge in [0, 0.05) is 43.9 Å². The molecule has 150 valence electrons. The van der Waals surface area contributed by atoms with E-state index in [0.717, 1.165) is 50.7 Å². The predicted molar refractivity (Wildman–Crippen MR) is 108 cm³/mol. The Bertz CT molecular complexity index is 798. The number of ether oxygens (including phenoxy) is 1. The zero-order valence-electron chi connectivity index (χ0n) is 16.7. The van der Waals surface area contributed by atoms with E-state index >= 15 is 0 Å². The van der Waals surface area contributed by atoms with Gasteiger partial charge in [-0.25, -0.2) is 0 Å². The third-order valence-electron chi connectivity index (χ3n) is 5.65. The second-order valence-electron chi connectivity index (χ2n) is 7.81. The highest BCUT2D eigenvalue weighted by Crippen LogP contribution is 2.32. The van der Waals surface area contributed by atoms with Crippen LogP contribution in [0.15, 0.2) is 30.3 Å². The third kappa shape index (κ3) is 4.62. The predicted octanol–water partition coefficient (Wildman–Crippen LogP) is 2.62. The van der Waals surface area contributed by atoms with Gasteiger partial charge in [-0.2, -0.15) is 5.10 Å². The van der Waals surface area contributed by atoms with Crippen LogP contribution < -0.4 is 5.32 Å². The van der Waals surface area contributed by atoms with Gasteiger partial charge in [-0.15, -0.1) is 0 Å². The monoisotopic (exact) mass is 382 g/mol. The van der Waals surface area contributed by atoms with Crippen molar-refractivity contribution in [2.75, 3.05) is 26.2 Å². The number of nitrogens with zero attached hydrogens (tertiary/aromatic N) is 3. The summed E-state index contributed by atoms with van der Waals surface area (Å²) in [6.45, 7) is 7.58. The second-order valence-corrected chi connectivity index (χ2v) is 7.81. The number of aromatic nitrogens is 2. The molecule has 2 aromatic rings. The SMILES string of the molecule is CCN(CCNC(=O)c1nn(CC2CC2)c2c1COCC2)Cc1ccccc1. The van der Waals surface area contributed by atoms with Crippen LogP contribution in [-0.4, -0.2) is 46.8 Å². The summed E-state index contributed by atoms with van der Waals surface area (Å²) in [5.41, 5.74) is 4.03. The summed E-state index contributed by atoms with van der Waals surface area (Å²) in [6.07, 6.45) is 3.41. The van der Waals surface area contributed by atoms with Crippen molar-refractivity contribution in [2.45, 2.75) is 45.9 Å². The number of fused-ring (bicyclic) bond motifs is 1. The van der Waals surface area contributed by atoms with Gasteiger partial charge in [0.1, 0.15) is 0 Å². The topological polar surface area (TPSA) is 59.4 Å². The van der Waals surface area contributed by atoms with E-state index in [2.05, 4.69) is 51.2 Å². The number of hydrogen-bond donors (Lipinski definition) is 1. The molecule has 0 bridgehead atoms. The average Bonchev–Trinajstić information content (AvgIpc) is 3.47. The van der Waals surface area contributed by atoms with E-state index in [9.17, 15) is 4.79 Å². The Balaban J connectivity index is 1.35. The quantitative estimate of drug-likeness (QED) is 0.724. The molecule has 28 heavy (non-hydrogen) atoms. The summed E-state index contributed by atoms with van der Waals surface area (Å²) in [5, 5.41) is 7.74. The molecule has 0 saturated heterocycles. The third-order valence-corrected chi connectivity index (χ3v) is 5.65. The molecule has 1 saturated carbocycles. The fourth-order valence-electron chi connectivity index (χ4n) is 3.79. The minimum Gasteiger partial charge on any atom is -0.376 e. The van der Waals surface area contributed by atoms with Crippen LogP contribution in [0.1, 0.15) is 47.1 Å². The minimum absolute atomic E-state index is 0.0768. The average molecular weight is 383 g/mol. The van der Waals surface area contributed by atoms with Crippen LogP contribution in [0.25, 0.3) is 0 Å². The Labute approximate surface area is 166 Å². The van der Waals surface area contributed by atoms with Crippen molar-refractivity contribution in [1.29, 1.82) is 0 Å². The summed E-state index contributed by atoms with van der Waals surface area (Å²) >= 11 is 0. The molecule has 0 spiro atoms. The van der Waals surface area contributed by atoms with Crippen molar-refractivity contribution in [3.05, 3.63) is 52.8 Å². The van der Waals surface area contributed by atoms with Crippen LogP contribution in [0.4, 0.5) is 0 Å². The van der Waals surface area contributed by atoms with Crippen LogP contribution in [0.5, 0.6) is 0 Å². The van der Waals surface area contributed by atoms with Crippen LogP contribution in [0.2, 0.25) is 0 Å². The summed E-state index contributed by atoms with van der Waals surface area (Å²) in [5.74, 6) is 0.658. The summed E-state index contributed by atoms with van der Waals surface area (Å²) in [6, 6.07) is 10.4. The molecule has 4 rings (SSSR count). The van der Waals surface area contributed by atoms with Gasteiger partial charge in [0.05, 0.1) is 13.2 Å². The maximum absolute atomic E-state index is 12.8. The van der Waals surface area contributed by atoms with Crippen molar-refractivity contribution < 1.29 is 9.53 Å². The molecular weight excluding hydrogens is 352 g/mol. The molecule has 1 amide bonds. The lowest BCUT2D eigenvalue weighted by Gasteiger charge is -2.20. The highest BCUT2D eigenvalue weighted by Gasteiger charge is 2.29. The first-order valence-corrected chi connectivity index (χ1v) is 10.5. The smallest absolute Gasteiger partial charge is 0.272 e. The van der Waals surface area contributed by atoms with Gasteiger partial charge in [-0.05, 0) is 30.9 Å². The number of nitrogens with one attached hydrogen (secondary N) is 1. The van der Waals surface area contributed by atoms with E-state index in [4.69, 9.17) is 4.74 Å². The summed E-state index contributed by atoms with van der Waals surface area (Å²) < 4.78 is 7.67. The zero-order valence-corrected chi connectivity index (χ0v) is 16.7. The molecule has 1 aromatic heterocycles. The van der Waals surface area contributed by atoms with E-state index in [0.29, 0.717) is 18.8 Å². The summed E-state index contributed by atoms with van der Waals surface area (Å²) in [7, 11) is 0. The van der Waals surface area contributed by atoms with Gasteiger partial charge in [0.25, 0.3) is 5.91 Å². The minimum atomic E-state index is -0.0768. The van der Waals surface area contributed by atoms with Gasteiger partial charge >= 0.3 is 0 Å². The van der Waals surface area contributed by atoms with Crippen molar-refractivity contribution in [3.63, 3.8) is 0 Å². The van der Waals surface area contributed by atoms with Gasteiger partial charge < -0.3 is 10.1 Å². The Kier molecular flexibility index (Phi) is 6.07. The number of carbonyl (C=O) groups excluding carboxylic acids is 1. The highest BCUT2D eigenvalue weighted by atomic mass is 16.5. The maximum Gasteiger partial charge on any atom is 0.272 e. The molecular formula is C22H30N4O2. The highest BCUT2D eigenvalue weighted by molar-refractivity contribution is 5.94. The molecule has 1 N–H and O–H groups in total. The van der Waals surface area contributed by atoms with E-state index in [1.165, 1.54) is 24.1 Å². The van der Waals surface area contributed by atoms with Crippen molar-refractivity contribution >= 4 is 5.91 Å². The first-order chi connectivity index (χ1) is 13.7. The first kappa shape index (κ1) is 19.2. The summed E-state index contributed by atoms with van der Waals surface area (Å²) in [4.78, 5) is 15.1. The van der Waals surface area contributed by atoms with Crippen LogP contribution in [0, 0.1) is 5.92 Å². The fraction of sp³-hybridized carbons (Fsp3) is 0.545. The van der Waals surface area contributed by atoms with Crippen LogP contribution in [-0.2, 0) is 30.9 Å². The number of carbonyl (C=O) groups is 1. The molecule has 2 heterocycles. The Morgan fingerprint density at radius 2 is 2.14 bits per heavy atom. The number of rotatable bonds is 9. The first-order valence-electron chi connectivity index (χ1n) is 10.5. The lowest BCUT2D eigenvalue weighted by atomic mass is 10.1. The molecule has 0 atom stereocenters. The van der Waals surface area contributed by atoms with Gasteiger partial charge in [-0.1, -0.05) is 37.3 Å². The maximum atomic E-state index is 12.8. The van der Waals surface area contributed by atoms with E-state index < -0.39 is 0 Å². The second kappa shape index (κ2) is 8.88. The van der Waals surface area contributed by atoms with Gasteiger partial charge in [-0.3, -0.25) is 14.4 Å². The van der Waals surface area contributed by atoms with Crippen molar-refractivity contribution in [1.82, 2.24) is 20.0 Å². The molecule has 1 aliphatic carbocycles. The molecule has 0 unspecified atom stereocenters.